The molecule has 25 heavy (non-hydrogen) atoms. The minimum Gasteiger partial charge on any atom is -0.379 e. The molecule has 0 amide bonds. The van der Waals surface area contributed by atoms with Gasteiger partial charge in [0, 0.05) is 30.5 Å². The van der Waals surface area contributed by atoms with E-state index in [4.69, 9.17) is 14.2 Å². The number of likely N-dealkylation sites (tertiary alicyclic amines) is 1. The van der Waals surface area contributed by atoms with Crippen LogP contribution in [0.2, 0.25) is 0 Å². The normalized spacial score (nSPS) is 28.5. The summed E-state index contributed by atoms with van der Waals surface area (Å²) in [6, 6.07) is 0. The highest BCUT2D eigenvalue weighted by molar-refractivity contribution is 7.86. The van der Waals surface area contributed by atoms with Crippen LogP contribution < -0.4 is 0 Å². The van der Waals surface area contributed by atoms with Crippen molar-refractivity contribution in [2.75, 3.05) is 39.7 Å². The van der Waals surface area contributed by atoms with Crippen molar-refractivity contribution < 1.29 is 26.8 Å². The second-order valence-electron chi connectivity index (χ2n) is 8.36. The topological polar surface area (TPSA) is 74.3 Å². The summed E-state index contributed by atoms with van der Waals surface area (Å²) in [4.78, 5) is 2.39. The zero-order valence-electron chi connectivity index (χ0n) is 16.3. The molecule has 148 valence electrons. The van der Waals surface area contributed by atoms with Crippen molar-refractivity contribution in [3.8, 4) is 0 Å². The molecule has 1 spiro atoms. The number of hydrogen-bond donors (Lipinski definition) is 0. The lowest BCUT2D eigenvalue weighted by Gasteiger charge is -2.56. The first-order valence-electron chi connectivity index (χ1n) is 8.83. The van der Waals surface area contributed by atoms with Crippen LogP contribution in [0.15, 0.2) is 0 Å². The van der Waals surface area contributed by atoms with Gasteiger partial charge in [0.1, 0.15) is 6.10 Å². The molecule has 0 bridgehead atoms. The maximum absolute atomic E-state index is 11.2. The molecule has 1 atom stereocenters. The Kier molecular flexibility index (Phi) is 6.23. The summed E-state index contributed by atoms with van der Waals surface area (Å²) < 4.78 is 44.8. The molecule has 0 saturated carbocycles. The van der Waals surface area contributed by atoms with Gasteiger partial charge in [-0.1, -0.05) is 0 Å². The second kappa shape index (κ2) is 7.40. The summed E-state index contributed by atoms with van der Waals surface area (Å²) in [6.07, 6.45) is 1.90. The van der Waals surface area contributed by atoms with E-state index in [1.807, 2.05) is 0 Å². The molecule has 7 nitrogen and oxygen atoms in total. The van der Waals surface area contributed by atoms with Gasteiger partial charge >= 0.3 is 0 Å². The van der Waals surface area contributed by atoms with Gasteiger partial charge < -0.3 is 14.2 Å². The molecular weight excluding hydrogens is 346 g/mol. The number of nitrogens with zero attached hydrogens (tertiary/aromatic N) is 1. The average molecular weight is 380 g/mol. The molecule has 2 aliphatic rings. The molecule has 2 aliphatic heterocycles. The van der Waals surface area contributed by atoms with Crippen molar-refractivity contribution >= 4 is 10.1 Å². The fourth-order valence-electron chi connectivity index (χ4n) is 3.96. The fraction of sp³-hybridized carbons (Fsp3) is 1.00. The first-order valence-corrected chi connectivity index (χ1v) is 10.4. The third-order valence-corrected chi connectivity index (χ3v) is 6.67. The Morgan fingerprint density at radius 3 is 2.32 bits per heavy atom. The highest BCUT2D eigenvalue weighted by Gasteiger charge is 2.55. The van der Waals surface area contributed by atoms with E-state index in [0.29, 0.717) is 26.2 Å². The van der Waals surface area contributed by atoms with Crippen molar-refractivity contribution in [3.63, 3.8) is 0 Å². The Morgan fingerprint density at radius 1 is 1.16 bits per heavy atom. The van der Waals surface area contributed by atoms with Crippen molar-refractivity contribution in [3.05, 3.63) is 0 Å². The predicted octanol–water partition coefficient (Wildman–Crippen LogP) is 1.76. The molecule has 2 heterocycles. The van der Waals surface area contributed by atoms with Gasteiger partial charge in [-0.15, -0.1) is 0 Å². The van der Waals surface area contributed by atoms with E-state index in [1.165, 1.54) is 7.11 Å². The zero-order chi connectivity index (χ0) is 18.9. The van der Waals surface area contributed by atoms with Crippen LogP contribution in [0.3, 0.4) is 0 Å². The standard InChI is InChI=1S/C17H33NO6S/c1-15(2)12-17(13-16(3,4)18(15)5)23-11-14(24-17)10-22-8-7-9-25(19,20)21-6/h14H,7-13H2,1-6H3. The minimum absolute atomic E-state index is 0.0218. The summed E-state index contributed by atoms with van der Waals surface area (Å²) in [5.74, 6) is -0.600. The molecule has 2 saturated heterocycles. The minimum atomic E-state index is -3.41. The summed E-state index contributed by atoms with van der Waals surface area (Å²) in [5.41, 5.74) is -0.0436. The number of rotatable bonds is 7. The molecule has 2 rings (SSSR count). The molecule has 0 aromatic heterocycles. The summed E-state index contributed by atoms with van der Waals surface area (Å²) in [6.45, 7) is 10.1. The van der Waals surface area contributed by atoms with Crippen LogP contribution in [0.4, 0.5) is 0 Å². The van der Waals surface area contributed by atoms with Crippen LogP contribution in [-0.4, -0.2) is 76.0 Å². The van der Waals surface area contributed by atoms with Gasteiger partial charge in [-0.3, -0.25) is 9.08 Å². The summed E-state index contributed by atoms with van der Waals surface area (Å²) in [5, 5.41) is 0. The lowest BCUT2D eigenvalue weighted by Crippen LogP contribution is -2.64. The van der Waals surface area contributed by atoms with Gasteiger partial charge in [0.2, 0.25) is 0 Å². The molecule has 0 aromatic carbocycles. The SMILES string of the molecule is COS(=O)(=O)CCCOCC1COC2(CC(C)(C)N(C)C(C)(C)C2)O1. The van der Waals surface area contributed by atoms with E-state index in [0.717, 1.165) is 12.8 Å². The van der Waals surface area contributed by atoms with E-state index in [1.54, 1.807) is 0 Å². The van der Waals surface area contributed by atoms with Gasteiger partial charge in [-0.05, 0) is 41.2 Å². The Balaban J connectivity index is 1.81. The number of ether oxygens (including phenoxy) is 3. The van der Waals surface area contributed by atoms with Crippen LogP contribution in [-0.2, 0) is 28.5 Å². The van der Waals surface area contributed by atoms with Crippen LogP contribution in [0.25, 0.3) is 0 Å². The van der Waals surface area contributed by atoms with E-state index in [9.17, 15) is 8.42 Å². The Hall–Kier alpha value is -0.250. The molecule has 1 unspecified atom stereocenters. The fourth-order valence-corrected chi connectivity index (χ4v) is 4.60. The van der Waals surface area contributed by atoms with Crippen molar-refractivity contribution in [1.29, 1.82) is 0 Å². The predicted molar refractivity (Wildman–Crippen MR) is 94.9 cm³/mol. The van der Waals surface area contributed by atoms with Crippen LogP contribution in [0.5, 0.6) is 0 Å². The van der Waals surface area contributed by atoms with E-state index in [2.05, 4.69) is 43.8 Å². The molecule has 8 heteroatoms. The molecular formula is C17H33NO6S. The third kappa shape index (κ3) is 5.14. The Labute approximate surface area is 152 Å². The van der Waals surface area contributed by atoms with Crippen LogP contribution in [0, 0.1) is 0 Å². The second-order valence-corrected chi connectivity index (χ2v) is 10.2. The smallest absolute Gasteiger partial charge is 0.267 e. The highest BCUT2D eigenvalue weighted by Crippen LogP contribution is 2.47. The largest absolute Gasteiger partial charge is 0.379 e. The number of hydrogen-bond acceptors (Lipinski definition) is 7. The van der Waals surface area contributed by atoms with Gasteiger partial charge in [0.15, 0.2) is 5.79 Å². The third-order valence-electron chi connectivity index (χ3n) is 5.37. The Morgan fingerprint density at radius 2 is 1.76 bits per heavy atom. The van der Waals surface area contributed by atoms with Gasteiger partial charge in [-0.2, -0.15) is 8.42 Å². The zero-order valence-corrected chi connectivity index (χ0v) is 17.1. The molecule has 0 aromatic rings. The monoisotopic (exact) mass is 379 g/mol. The Bertz CT molecular complexity index is 541. The first kappa shape index (κ1) is 21.1. The maximum atomic E-state index is 11.2. The van der Waals surface area contributed by atoms with E-state index in [-0.39, 0.29) is 22.9 Å². The van der Waals surface area contributed by atoms with Crippen LogP contribution in [0.1, 0.15) is 47.0 Å². The quantitative estimate of drug-likeness (QED) is 0.493. The van der Waals surface area contributed by atoms with Crippen LogP contribution >= 0.6 is 0 Å². The maximum Gasteiger partial charge on any atom is 0.267 e. The highest BCUT2D eigenvalue weighted by atomic mass is 32.2. The van der Waals surface area contributed by atoms with Gasteiger partial charge in [0.25, 0.3) is 10.1 Å². The summed E-state index contributed by atoms with van der Waals surface area (Å²) >= 11 is 0. The van der Waals surface area contributed by atoms with Crippen molar-refractivity contribution in [2.45, 2.75) is 69.9 Å². The molecule has 0 aliphatic carbocycles. The molecule has 0 radical (unpaired) electrons. The van der Waals surface area contributed by atoms with Crippen molar-refractivity contribution in [1.82, 2.24) is 4.90 Å². The number of piperidine rings is 1. The lowest BCUT2D eigenvalue weighted by atomic mass is 9.76. The summed E-state index contributed by atoms with van der Waals surface area (Å²) in [7, 11) is -0.0932. The van der Waals surface area contributed by atoms with E-state index < -0.39 is 15.9 Å². The van der Waals surface area contributed by atoms with Crippen molar-refractivity contribution in [2.24, 2.45) is 0 Å². The molecule has 0 N–H and O–H groups in total. The first-order chi connectivity index (χ1) is 11.4. The van der Waals surface area contributed by atoms with Gasteiger partial charge in [-0.25, -0.2) is 0 Å². The van der Waals surface area contributed by atoms with E-state index >= 15 is 0 Å². The molecule has 2 fully saturated rings. The average Bonchev–Trinajstić information content (AvgIpc) is 2.85. The lowest BCUT2D eigenvalue weighted by molar-refractivity contribution is -0.244. The van der Waals surface area contributed by atoms with Gasteiger partial charge in [0.05, 0.1) is 26.1 Å².